The summed E-state index contributed by atoms with van der Waals surface area (Å²) in [5.74, 6) is 0.328. The number of nitrogens with one attached hydrogen (secondary N) is 2. The number of benzene rings is 2. The summed E-state index contributed by atoms with van der Waals surface area (Å²) in [6.45, 7) is 4.44. The summed E-state index contributed by atoms with van der Waals surface area (Å²) in [6, 6.07) is 14.8. The first-order chi connectivity index (χ1) is 13.2. The van der Waals surface area contributed by atoms with Gasteiger partial charge < -0.3 is 10.3 Å². The van der Waals surface area contributed by atoms with Crippen LogP contribution in [0.4, 0.5) is 5.69 Å². The Balaban J connectivity index is 1.88. The molecule has 1 heterocycles. The van der Waals surface area contributed by atoms with E-state index in [-0.39, 0.29) is 5.91 Å². The summed E-state index contributed by atoms with van der Waals surface area (Å²) in [4.78, 5) is 15.9. The van der Waals surface area contributed by atoms with Gasteiger partial charge in [0.1, 0.15) is 0 Å². The first-order valence-electron chi connectivity index (χ1n) is 9.58. The van der Waals surface area contributed by atoms with Crippen molar-refractivity contribution in [3.63, 3.8) is 0 Å². The van der Waals surface area contributed by atoms with Crippen LogP contribution in [-0.2, 0) is 0 Å². The van der Waals surface area contributed by atoms with Crippen molar-refractivity contribution in [3.8, 4) is 6.07 Å². The van der Waals surface area contributed by atoms with Crippen molar-refractivity contribution < 1.29 is 4.79 Å². The summed E-state index contributed by atoms with van der Waals surface area (Å²) in [7, 11) is 0. The van der Waals surface area contributed by atoms with Crippen LogP contribution < -0.4 is 5.32 Å². The fourth-order valence-electron chi connectivity index (χ4n) is 3.64. The second kappa shape index (κ2) is 8.55. The number of nitriles is 1. The molecule has 138 valence electrons. The molecule has 0 saturated carbocycles. The van der Waals surface area contributed by atoms with Crippen LogP contribution in [0.1, 0.15) is 66.9 Å². The highest BCUT2D eigenvalue weighted by Crippen LogP contribution is 2.33. The Morgan fingerprint density at radius 2 is 1.93 bits per heavy atom. The Kier molecular flexibility index (Phi) is 5.93. The number of amides is 1. The Hall–Kier alpha value is -3.06. The third-order valence-electron chi connectivity index (χ3n) is 4.94. The number of rotatable bonds is 7. The minimum Gasteiger partial charge on any atom is -0.361 e. The van der Waals surface area contributed by atoms with E-state index in [4.69, 9.17) is 5.26 Å². The maximum Gasteiger partial charge on any atom is 0.255 e. The van der Waals surface area contributed by atoms with Crippen LogP contribution in [-0.4, -0.2) is 10.9 Å². The summed E-state index contributed by atoms with van der Waals surface area (Å²) < 4.78 is 0. The number of aromatic nitrogens is 1. The number of hydrogen-bond donors (Lipinski definition) is 2. The average Bonchev–Trinajstić information content (AvgIpc) is 3.11. The van der Waals surface area contributed by atoms with Crippen LogP contribution in [0.2, 0.25) is 0 Å². The molecule has 4 nitrogen and oxygen atoms in total. The summed E-state index contributed by atoms with van der Waals surface area (Å²) in [5.41, 5.74) is 4.15. The van der Waals surface area contributed by atoms with Crippen molar-refractivity contribution in [2.45, 2.75) is 45.4 Å². The van der Waals surface area contributed by atoms with Gasteiger partial charge in [-0.05, 0) is 60.7 Å². The Morgan fingerprint density at radius 1 is 1.15 bits per heavy atom. The van der Waals surface area contributed by atoms with Gasteiger partial charge in [0.25, 0.3) is 5.91 Å². The molecule has 0 saturated heterocycles. The van der Waals surface area contributed by atoms with Gasteiger partial charge in [0.15, 0.2) is 0 Å². The number of carbonyl (C=O) groups excluding carboxylic acids is 1. The molecule has 4 heteroatoms. The first kappa shape index (κ1) is 18.7. The fraction of sp³-hybridized carbons (Fsp3) is 0.304. The van der Waals surface area contributed by atoms with Gasteiger partial charge in [-0.1, -0.05) is 32.8 Å². The van der Waals surface area contributed by atoms with Crippen LogP contribution in [0, 0.1) is 11.3 Å². The highest BCUT2D eigenvalue weighted by Gasteiger charge is 2.15. The van der Waals surface area contributed by atoms with Gasteiger partial charge in [0.05, 0.1) is 11.6 Å². The molecular formula is C23H25N3O. The predicted octanol–water partition coefficient (Wildman–Crippen LogP) is 5.98. The maximum absolute atomic E-state index is 12.6. The number of anilines is 1. The molecule has 0 fully saturated rings. The van der Waals surface area contributed by atoms with Gasteiger partial charge in [0.2, 0.25) is 0 Å². The summed E-state index contributed by atoms with van der Waals surface area (Å²) in [5, 5.41) is 13.1. The molecule has 2 N–H and O–H groups in total. The van der Waals surface area contributed by atoms with Crippen LogP contribution >= 0.6 is 0 Å². The van der Waals surface area contributed by atoms with Gasteiger partial charge >= 0.3 is 0 Å². The van der Waals surface area contributed by atoms with Crippen molar-refractivity contribution in [2.75, 3.05) is 5.32 Å². The summed E-state index contributed by atoms with van der Waals surface area (Å²) >= 11 is 0. The molecular weight excluding hydrogens is 334 g/mol. The smallest absolute Gasteiger partial charge is 0.255 e. The number of fused-ring (bicyclic) bond motifs is 1. The number of carbonyl (C=O) groups is 1. The second-order valence-corrected chi connectivity index (χ2v) is 6.93. The zero-order valence-electron chi connectivity index (χ0n) is 15.9. The number of aromatic amines is 1. The molecule has 3 aromatic rings. The zero-order chi connectivity index (χ0) is 19.2. The quantitative estimate of drug-likeness (QED) is 0.545. The van der Waals surface area contributed by atoms with Crippen LogP contribution in [0.15, 0.2) is 48.7 Å². The largest absolute Gasteiger partial charge is 0.361 e. The van der Waals surface area contributed by atoms with E-state index in [0.29, 0.717) is 17.0 Å². The van der Waals surface area contributed by atoms with Gasteiger partial charge in [0, 0.05) is 28.4 Å². The van der Waals surface area contributed by atoms with Crippen molar-refractivity contribution in [3.05, 3.63) is 65.4 Å². The monoisotopic (exact) mass is 359 g/mol. The normalized spacial score (nSPS) is 10.9. The van der Waals surface area contributed by atoms with Crippen molar-refractivity contribution in [1.29, 1.82) is 5.26 Å². The lowest BCUT2D eigenvalue weighted by atomic mass is 9.90. The van der Waals surface area contributed by atoms with Gasteiger partial charge in [-0.3, -0.25) is 4.79 Å². The third kappa shape index (κ3) is 4.20. The molecule has 0 aliphatic heterocycles. The molecule has 0 spiro atoms. The SMILES string of the molecule is CCCC(CCC)c1c[nH]c2ccc(NC(=O)c3cccc(C#N)c3)cc12. The minimum absolute atomic E-state index is 0.206. The second-order valence-electron chi connectivity index (χ2n) is 6.93. The van der Waals surface area contributed by atoms with Crippen LogP contribution in [0.5, 0.6) is 0 Å². The Morgan fingerprint density at radius 3 is 2.63 bits per heavy atom. The van der Waals surface area contributed by atoms with Gasteiger partial charge in [-0.15, -0.1) is 0 Å². The molecule has 0 unspecified atom stereocenters. The fourth-order valence-corrected chi connectivity index (χ4v) is 3.64. The third-order valence-corrected chi connectivity index (χ3v) is 4.94. The average molecular weight is 359 g/mol. The topological polar surface area (TPSA) is 68.7 Å². The van der Waals surface area contributed by atoms with Crippen LogP contribution in [0.25, 0.3) is 10.9 Å². The standard InChI is InChI=1S/C23H25N3O/c1-3-6-17(7-4-2)21-15-25-22-11-10-19(13-20(21)22)26-23(27)18-9-5-8-16(12-18)14-24/h5,8-13,15,17,25H,3-4,6-7H2,1-2H3,(H,26,27). The van der Waals surface area contributed by atoms with E-state index in [1.165, 1.54) is 23.8 Å². The van der Waals surface area contributed by atoms with Gasteiger partial charge in [-0.2, -0.15) is 5.26 Å². The molecule has 3 rings (SSSR count). The molecule has 2 aromatic carbocycles. The molecule has 27 heavy (non-hydrogen) atoms. The van der Waals surface area contributed by atoms with E-state index in [0.717, 1.165) is 24.0 Å². The Bertz CT molecular complexity index is 975. The minimum atomic E-state index is -0.206. The van der Waals surface area contributed by atoms with E-state index >= 15 is 0 Å². The predicted molar refractivity (Wildman–Crippen MR) is 110 cm³/mol. The highest BCUT2D eigenvalue weighted by atomic mass is 16.1. The maximum atomic E-state index is 12.6. The van der Waals surface area contributed by atoms with E-state index < -0.39 is 0 Å². The van der Waals surface area contributed by atoms with Crippen molar-refractivity contribution in [1.82, 2.24) is 4.98 Å². The number of hydrogen-bond acceptors (Lipinski definition) is 2. The van der Waals surface area contributed by atoms with E-state index in [2.05, 4.69) is 36.4 Å². The van der Waals surface area contributed by atoms with E-state index in [1.807, 2.05) is 18.2 Å². The molecule has 0 bridgehead atoms. The van der Waals surface area contributed by atoms with Crippen molar-refractivity contribution >= 4 is 22.5 Å². The number of H-pyrrole nitrogens is 1. The molecule has 0 aliphatic rings. The lowest BCUT2D eigenvalue weighted by Crippen LogP contribution is -2.11. The van der Waals surface area contributed by atoms with E-state index in [9.17, 15) is 4.79 Å². The van der Waals surface area contributed by atoms with Crippen molar-refractivity contribution in [2.24, 2.45) is 0 Å². The molecule has 1 aromatic heterocycles. The van der Waals surface area contributed by atoms with Gasteiger partial charge in [-0.25, -0.2) is 0 Å². The number of nitrogens with zero attached hydrogens (tertiary/aromatic N) is 1. The Labute approximate surface area is 160 Å². The molecule has 0 radical (unpaired) electrons. The lowest BCUT2D eigenvalue weighted by Gasteiger charge is -2.15. The zero-order valence-corrected chi connectivity index (χ0v) is 15.9. The summed E-state index contributed by atoms with van der Waals surface area (Å²) in [6.07, 6.45) is 6.76. The lowest BCUT2D eigenvalue weighted by molar-refractivity contribution is 0.102. The first-order valence-corrected chi connectivity index (χ1v) is 9.58. The highest BCUT2D eigenvalue weighted by molar-refractivity contribution is 6.05. The van der Waals surface area contributed by atoms with Crippen LogP contribution in [0.3, 0.4) is 0 Å². The molecule has 0 aliphatic carbocycles. The van der Waals surface area contributed by atoms with E-state index in [1.54, 1.807) is 24.3 Å². The molecule has 1 amide bonds. The molecule has 0 atom stereocenters.